The maximum atomic E-state index is 12.7. The predicted molar refractivity (Wildman–Crippen MR) is 135 cm³/mol. The van der Waals surface area contributed by atoms with Crippen LogP contribution in [0.1, 0.15) is 10.4 Å². The second-order valence-electron chi connectivity index (χ2n) is 7.61. The Morgan fingerprint density at radius 3 is 2.25 bits per heavy atom. The van der Waals surface area contributed by atoms with Crippen molar-refractivity contribution in [3.8, 4) is 16.9 Å². The molecule has 0 aliphatic rings. The van der Waals surface area contributed by atoms with E-state index in [-0.39, 0.29) is 21.9 Å². The minimum Gasteiger partial charge on any atom is -0.508 e. The van der Waals surface area contributed by atoms with Crippen LogP contribution in [0.3, 0.4) is 0 Å². The molecular weight excluding hydrogens is 484 g/mol. The first-order valence-electron chi connectivity index (χ1n) is 10.5. The molecule has 0 fully saturated rings. The van der Waals surface area contributed by atoms with E-state index in [4.69, 9.17) is 0 Å². The fraction of sp³-hybridized carbons (Fsp3) is 0. The third-order valence-electron chi connectivity index (χ3n) is 5.14. The van der Waals surface area contributed by atoms with Gasteiger partial charge in [0.1, 0.15) is 11.4 Å². The second kappa shape index (κ2) is 10.2. The molecule has 0 heterocycles. The Bertz CT molecular complexity index is 1520. The van der Waals surface area contributed by atoms with Gasteiger partial charge in [0.05, 0.1) is 9.82 Å². The lowest BCUT2D eigenvalue weighted by molar-refractivity contribution is -0.384. The SMILES string of the molecule is O=C(NNc1ccc(S(=O)(=O)Nc2ccccc2)cc1[N+](=O)[O-])c1cccc(-c2ccc(O)cc2)c1. The quantitative estimate of drug-likeness (QED) is 0.203. The van der Waals surface area contributed by atoms with Crippen molar-refractivity contribution in [3.63, 3.8) is 0 Å². The van der Waals surface area contributed by atoms with Gasteiger partial charge < -0.3 is 5.11 Å². The van der Waals surface area contributed by atoms with Crippen LogP contribution in [0.4, 0.5) is 17.1 Å². The van der Waals surface area contributed by atoms with Crippen molar-refractivity contribution in [2.75, 3.05) is 10.1 Å². The number of phenols is 1. The molecule has 0 spiro atoms. The summed E-state index contributed by atoms with van der Waals surface area (Å²) in [6.45, 7) is 0. The molecule has 0 radical (unpaired) electrons. The van der Waals surface area contributed by atoms with Gasteiger partial charge in [-0.3, -0.25) is 30.5 Å². The lowest BCUT2D eigenvalue weighted by Crippen LogP contribution is -2.29. The highest BCUT2D eigenvalue weighted by Gasteiger charge is 2.22. The molecule has 0 aliphatic heterocycles. The number of carbonyl (C=O) groups is 1. The molecule has 10 nitrogen and oxygen atoms in total. The number of nitrogens with one attached hydrogen (secondary N) is 3. The van der Waals surface area contributed by atoms with E-state index in [1.165, 1.54) is 24.3 Å². The highest BCUT2D eigenvalue weighted by molar-refractivity contribution is 7.92. The summed E-state index contributed by atoms with van der Waals surface area (Å²) in [6.07, 6.45) is 0. The molecule has 0 bridgehead atoms. The van der Waals surface area contributed by atoms with E-state index in [1.807, 2.05) is 0 Å². The average Bonchev–Trinajstić information content (AvgIpc) is 2.88. The number of para-hydroxylation sites is 1. The third kappa shape index (κ3) is 5.59. The number of aromatic hydroxyl groups is 1. The fourth-order valence-corrected chi connectivity index (χ4v) is 4.42. The summed E-state index contributed by atoms with van der Waals surface area (Å²) < 4.78 is 27.7. The summed E-state index contributed by atoms with van der Waals surface area (Å²) in [7, 11) is -4.08. The Labute approximate surface area is 206 Å². The van der Waals surface area contributed by atoms with Gasteiger partial charge in [-0.05, 0) is 59.7 Å². The molecule has 4 aromatic carbocycles. The van der Waals surface area contributed by atoms with E-state index < -0.39 is 26.5 Å². The third-order valence-corrected chi connectivity index (χ3v) is 6.52. The van der Waals surface area contributed by atoms with Gasteiger partial charge in [0.2, 0.25) is 0 Å². The van der Waals surface area contributed by atoms with Crippen LogP contribution in [0, 0.1) is 10.1 Å². The highest BCUT2D eigenvalue weighted by atomic mass is 32.2. The summed E-state index contributed by atoms with van der Waals surface area (Å²) in [5, 5.41) is 21.1. The van der Waals surface area contributed by atoms with Crippen LogP contribution in [-0.2, 0) is 10.0 Å². The molecular formula is C25H20N4O6S. The summed E-state index contributed by atoms with van der Waals surface area (Å²) in [6, 6.07) is 24.6. The number of nitro benzene ring substituents is 1. The number of carbonyl (C=O) groups excluding carboxylic acids is 1. The summed E-state index contributed by atoms with van der Waals surface area (Å²) in [5.74, 6) is -0.444. The molecule has 0 aliphatic carbocycles. The average molecular weight is 505 g/mol. The Hall–Kier alpha value is -4.90. The van der Waals surface area contributed by atoms with Gasteiger partial charge in [0, 0.05) is 17.3 Å². The Kier molecular flexibility index (Phi) is 6.84. The largest absolute Gasteiger partial charge is 0.508 e. The standard InChI is InChI=1S/C25H20N4O6S/c30-21-11-9-17(10-12-21)18-5-4-6-19(15-18)25(31)27-26-23-14-13-22(16-24(23)29(32)33)36(34,35)28-20-7-2-1-3-8-20/h1-16,26,28,30H,(H,27,31). The fourth-order valence-electron chi connectivity index (χ4n) is 3.35. The van der Waals surface area contributed by atoms with Gasteiger partial charge in [0.25, 0.3) is 21.6 Å². The van der Waals surface area contributed by atoms with Gasteiger partial charge in [0.15, 0.2) is 0 Å². The summed E-state index contributed by atoms with van der Waals surface area (Å²) in [5.41, 5.74) is 6.37. The first-order valence-corrected chi connectivity index (χ1v) is 12.0. The van der Waals surface area contributed by atoms with Crippen molar-refractivity contribution in [3.05, 3.63) is 113 Å². The second-order valence-corrected chi connectivity index (χ2v) is 9.30. The molecule has 0 saturated carbocycles. The first-order chi connectivity index (χ1) is 17.2. The summed E-state index contributed by atoms with van der Waals surface area (Å²) >= 11 is 0. The van der Waals surface area contributed by atoms with E-state index in [1.54, 1.807) is 66.7 Å². The van der Waals surface area contributed by atoms with Crippen LogP contribution >= 0.6 is 0 Å². The van der Waals surface area contributed by atoms with Crippen molar-refractivity contribution >= 4 is 33.0 Å². The number of phenolic OH excluding ortho intramolecular Hbond substituents is 1. The lowest BCUT2D eigenvalue weighted by Gasteiger charge is -2.12. The monoisotopic (exact) mass is 504 g/mol. The molecule has 4 N–H and O–H groups in total. The van der Waals surface area contributed by atoms with Crippen LogP contribution in [0.2, 0.25) is 0 Å². The molecule has 4 rings (SSSR count). The van der Waals surface area contributed by atoms with Crippen LogP contribution in [0.15, 0.2) is 102 Å². The smallest absolute Gasteiger partial charge is 0.295 e. The first kappa shape index (κ1) is 24.2. The molecule has 1 amide bonds. The van der Waals surface area contributed by atoms with Crippen LogP contribution in [-0.4, -0.2) is 24.4 Å². The molecule has 0 atom stereocenters. The number of benzene rings is 4. The van der Waals surface area contributed by atoms with E-state index >= 15 is 0 Å². The minimum atomic E-state index is -4.08. The van der Waals surface area contributed by atoms with Crippen molar-refractivity contribution in [2.24, 2.45) is 0 Å². The number of nitro groups is 1. The zero-order valence-electron chi connectivity index (χ0n) is 18.6. The van der Waals surface area contributed by atoms with Crippen molar-refractivity contribution in [2.45, 2.75) is 4.90 Å². The van der Waals surface area contributed by atoms with Gasteiger partial charge in [-0.25, -0.2) is 8.42 Å². The maximum absolute atomic E-state index is 12.7. The Morgan fingerprint density at radius 2 is 1.56 bits per heavy atom. The van der Waals surface area contributed by atoms with E-state index in [9.17, 15) is 28.4 Å². The minimum absolute atomic E-state index is 0.0956. The van der Waals surface area contributed by atoms with E-state index in [0.29, 0.717) is 5.69 Å². The number of nitrogens with zero attached hydrogens (tertiary/aromatic N) is 1. The molecule has 0 aromatic heterocycles. The number of anilines is 2. The molecule has 36 heavy (non-hydrogen) atoms. The van der Waals surface area contributed by atoms with Crippen molar-refractivity contribution in [1.29, 1.82) is 0 Å². The van der Waals surface area contributed by atoms with Gasteiger partial charge >= 0.3 is 0 Å². The number of hydrogen-bond acceptors (Lipinski definition) is 7. The molecule has 11 heteroatoms. The molecule has 4 aromatic rings. The van der Waals surface area contributed by atoms with Gasteiger partial charge in [-0.2, -0.15) is 0 Å². The number of amides is 1. The number of hydrazine groups is 1. The van der Waals surface area contributed by atoms with E-state index in [0.717, 1.165) is 17.2 Å². The van der Waals surface area contributed by atoms with Crippen LogP contribution in [0.5, 0.6) is 5.75 Å². The number of hydrogen-bond donors (Lipinski definition) is 4. The normalized spacial score (nSPS) is 10.9. The predicted octanol–water partition coefficient (Wildman–Crippen LogP) is 4.53. The Morgan fingerprint density at radius 1 is 0.833 bits per heavy atom. The number of sulfonamides is 1. The van der Waals surface area contributed by atoms with Crippen LogP contribution < -0.4 is 15.6 Å². The molecule has 182 valence electrons. The molecule has 0 unspecified atom stereocenters. The van der Waals surface area contributed by atoms with Crippen LogP contribution in [0.25, 0.3) is 11.1 Å². The topological polar surface area (TPSA) is 151 Å². The van der Waals surface area contributed by atoms with Crippen molar-refractivity contribution in [1.82, 2.24) is 5.43 Å². The van der Waals surface area contributed by atoms with E-state index in [2.05, 4.69) is 15.6 Å². The van der Waals surface area contributed by atoms with Gasteiger partial charge in [-0.1, -0.05) is 42.5 Å². The summed E-state index contributed by atoms with van der Waals surface area (Å²) in [4.78, 5) is 23.2. The van der Waals surface area contributed by atoms with Gasteiger partial charge in [-0.15, -0.1) is 0 Å². The highest BCUT2D eigenvalue weighted by Crippen LogP contribution is 2.28. The zero-order chi connectivity index (χ0) is 25.7. The lowest BCUT2D eigenvalue weighted by atomic mass is 10.0. The Balaban J connectivity index is 1.51. The molecule has 0 saturated heterocycles. The number of rotatable bonds is 8. The maximum Gasteiger partial charge on any atom is 0.295 e. The van der Waals surface area contributed by atoms with Crippen molar-refractivity contribution < 1.29 is 23.2 Å². The zero-order valence-corrected chi connectivity index (χ0v) is 19.4.